The molecule has 0 amide bonds. The standard InChI is InChI=1S/C43H51FN8O4/c1-5-55-39-23-30(24-40(41(39)44)56-6-2)29-50-19-15-35(16-20-50)52(49-42-45-25-33(26-46-42)31-7-11-37(53-3)12-8-31)36-17-21-51(22-18-36)43-47-27-34(28-48-43)32-9-13-38(54-4)14-10-32/h7-14,23-28,35-36H,5-6,15-22,29H2,1-4H3,(H,45,46,49). The third-order valence-corrected chi connectivity index (χ3v) is 10.5. The molecule has 2 fully saturated rings. The van der Waals surface area contributed by atoms with Crippen LogP contribution in [0.2, 0.25) is 0 Å². The number of hydrogen-bond acceptors (Lipinski definition) is 12. The van der Waals surface area contributed by atoms with E-state index in [1.807, 2.05) is 87.2 Å². The first-order chi connectivity index (χ1) is 27.4. The van der Waals surface area contributed by atoms with Gasteiger partial charge in [0.05, 0.1) is 27.4 Å². The predicted molar refractivity (Wildman–Crippen MR) is 216 cm³/mol. The summed E-state index contributed by atoms with van der Waals surface area (Å²) in [4.78, 5) is 23.7. The number of ether oxygens (including phenoxy) is 4. The van der Waals surface area contributed by atoms with Gasteiger partial charge in [-0.25, -0.2) is 24.9 Å². The zero-order valence-corrected chi connectivity index (χ0v) is 32.7. The topological polar surface area (TPSA) is 110 Å². The van der Waals surface area contributed by atoms with E-state index in [4.69, 9.17) is 38.9 Å². The first-order valence-electron chi connectivity index (χ1n) is 19.5. The Hall–Kier alpha value is -5.53. The monoisotopic (exact) mass is 762 g/mol. The van der Waals surface area contributed by atoms with E-state index in [1.54, 1.807) is 26.4 Å². The molecule has 2 aliphatic heterocycles. The lowest BCUT2D eigenvalue weighted by Crippen LogP contribution is -2.54. The first kappa shape index (κ1) is 38.7. The molecule has 5 aromatic rings. The predicted octanol–water partition coefficient (Wildman–Crippen LogP) is 7.52. The molecule has 4 heterocycles. The molecule has 1 N–H and O–H groups in total. The Labute approximate surface area is 328 Å². The molecule has 0 spiro atoms. The Balaban J connectivity index is 1.03. The zero-order valence-electron chi connectivity index (χ0n) is 32.7. The number of hydrazine groups is 1. The van der Waals surface area contributed by atoms with Crippen LogP contribution in [0.15, 0.2) is 85.5 Å². The number of anilines is 2. The van der Waals surface area contributed by atoms with Crippen molar-refractivity contribution in [2.45, 2.75) is 58.2 Å². The fourth-order valence-electron chi connectivity index (χ4n) is 7.53. The van der Waals surface area contributed by atoms with Crippen LogP contribution in [-0.2, 0) is 6.54 Å². The Morgan fingerprint density at radius 1 is 0.661 bits per heavy atom. The molecule has 13 heteroatoms. The van der Waals surface area contributed by atoms with E-state index in [9.17, 15) is 4.39 Å². The van der Waals surface area contributed by atoms with Gasteiger partial charge in [0.15, 0.2) is 11.5 Å². The molecule has 0 bridgehead atoms. The van der Waals surface area contributed by atoms with E-state index in [1.165, 1.54) is 0 Å². The van der Waals surface area contributed by atoms with Crippen molar-refractivity contribution in [3.05, 3.63) is 96.8 Å². The van der Waals surface area contributed by atoms with Gasteiger partial charge in [-0.2, -0.15) is 4.39 Å². The van der Waals surface area contributed by atoms with Crippen LogP contribution in [0.25, 0.3) is 22.3 Å². The Kier molecular flexibility index (Phi) is 12.7. The van der Waals surface area contributed by atoms with Gasteiger partial charge >= 0.3 is 0 Å². The van der Waals surface area contributed by atoms with Gasteiger partial charge in [0.2, 0.25) is 17.7 Å². The lowest BCUT2D eigenvalue weighted by atomic mass is 9.98. The van der Waals surface area contributed by atoms with E-state index in [0.717, 1.165) is 97.1 Å². The smallest absolute Gasteiger partial charge is 0.237 e. The molecule has 0 atom stereocenters. The van der Waals surface area contributed by atoms with Crippen molar-refractivity contribution in [1.82, 2.24) is 29.8 Å². The summed E-state index contributed by atoms with van der Waals surface area (Å²) in [5.41, 5.74) is 8.61. The molecule has 7 rings (SSSR count). The second-order valence-corrected chi connectivity index (χ2v) is 14.0. The van der Waals surface area contributed by atoms with Crippen LogP contribution in [-0.4, -0.2) is 95.5 Å². The molecule has 2 aromatic heterocycles. The highest BCUT2D eigenvalue weighted by Gasteiger charge is 2.33. The highest BCUT2D eigenvalue weighted by molar-refractivity contribution is 5.64. The van der Waals surface area contributed by atoms with Gasteiger partial charge in [0.25, 0.3) is 0 Å². The van der Waals surface area contributed by atoms with Gasteiger partial charge in [-0.3, -0.25) is 10.3 Å². The number of nitrogens with zero attached hydrogens (tertiary/aromatic N) is 7. The Bertz CT molecular complexity index is 1960. The molecule has 12 nitrogen and oxygen atoms in total. The van der Waals surface area contributed by atoms with Crippen molar-refractivity contribution in [2.75, 3.05) is 63.9 Å². The molecule has 2 aliphatic rings. The summed E-state index contributed by atoms with van der Waals surface area (Å²) in [6.45, 7) is 8.61. The average molecular weight is 763 g/mol. The summed E-state index contributed by atoms with van der Waals surface area (Å²) in [6, 6.07) is 19.9. The third-order valence-electron chi connectivity index (χ3n) is 10.5. The molecular weight excluding hydrogens is 712 g/mol. The number of aromatic nitrogens is 4. The molecule has 3 aromatic carbocycles. The maximum absolute atomic E-state index is 15.0. The van der Waals surface area contributed by atoms with Crippen molar-refractivity contribution in [3.8, 4) is 45.3 Å². The Morgan fingerprint density at radius 2 is 1.12 bits per heavy atom. The normalized spacial score (nSPS) is 15.5. The van der Waals surface area contributed by atoms with Crippen molar-refractivity contribution < 1.29 is 23.3 Å². The lowest BCUT2D eigenvalue weighted by Gasteiger charge is -2.45. The highest BCUT2D eigenvalue weighted by Crippen LogP contribution is 2.32. The number of rotatable bonds is 15. The van der Waals surface area contributed by atoms with E-state index < -0.39 is 5.82 Å². The third kappa shape index (κ3) is 9.28. The second kappa shape index (κ2) is 18.4. The van der Waals surface area contributed by atoms with Crippen molar-refractivity contribution in [1.29, 1.82) is 0 Å². The largest absolute Gasteiger partial charge is 0.497 e. The summed E-state index contributed by atoms with van der Waals surface area (Å²) in [6.07, 6.45) is 11.3. The van der Waals surface area contributed by atoms with Gasteiger partial charge in [0.1, 0.15) is 11.5 Å². The minimum atomic E-state index is -0.444. The van der Waals surface area contributed by atoms with Gasteiger partial charge in [-0.15, -0.1) is 0 Å². The molecule has 0 aliphatic carbocycles. The maximum atomic E-state index is 15.0. The zero-order chi connectivity index (χ0) is 38.9. The molecule has 0 unspecified atom stereocenters. The lowest BCUT2D eigenvalue weighted by molar-refractivity contribution is 0.0807. The number of benzene rings is 3. The number of hydrogen-bond donors (Lipinski definition) is 1. The van der Waals surface area contributed by atoms with Crippen LogP contribution < -0.4 is 29.3 Å². The minimum absolute atomic E-state index is 0.238. The number of piperidine rings is 2. The fraction of sp³-hybridized carbons (Fsp3) is 0.395. The van der Waals surface area contributed by atoms with Crippen LogP contribution >= 0.6 is 0 Å². The number of likely N-dealkylation sites (tertiary alicyclic amines) is 1. The molecule has 56 heavy (non-hydrogen) atoms. The second-order valence-electron chi connectivity index (χ2n) is 14.0. The summed E-state index contributed by atoms with van der Waals surface area (Å²) in [7, 11) is 3.33. The number of nitrogens with one attached hydrogen (secondary N) is 1. The van der Waals surface area contributed by atoms with E-state index in [0.29, 0.717) is 25.7 Å². The maximum Gasteiger partial charge on any atom is 0.237 e. The van der Waals surface area contributed by atoms with Gasteiger partial charge < -0.3 is 23.8 Å². The number of halogens is 1. The van der Waals surface area contributed by atoms with Crippen LogP contribution in [0.1, 0.15) is 45.1 Å². The van der Waals surface area contributed by atoms with Gasteiger partial charge in [0, 0.05) is 80.7 Å². The fourth-order valence-corrected chi connectivity index (χ4v) is 7.53. The van der Waals surface area contributed by atoms with Crippen molar-refractivity contribution >= 4 is 11.9 Å². The quantitative estimate of drug-likeness (QED) is 0.107. The summed E-state index contributed by atoms with van der Waals surface area (Å²) in [5, 5.41) is 2.41. The molecular formula is C43H51FN8O4. The van der Waals surface area contributed by atoms with Crippen LogP contribution in [0, 0.1) is 5.82 Å². The van der Waals surface area contributed by atoms with Crippen molar-refractivity contribution in [3.63, 3.8) is 0 Å². The molecule has 2 saturated heterocycles. The molecule has 0 radical (unpaired) electrons. The van der Waals surface area contributed by atoms with Gasteiger partial charge in [-0.05, 0) is 92.6 Å². The summed E-state index contributed by atoms with van der Waals surface area (Å²) >= 11 is 0. The summed E-state index contributed by atoms with van der Waals surface area (Å²) in [5.74, 6) is 2.97. The van der Waals surface area contributed by atoms with E-state index in [2.05, 4.69) is 20.2 Å². The van der Waals surface area contributed by atoms with Crippen LogP contribution in [0.4, 0.5) is 16.3 Å². The van der Waals surface area contributed by atoms with Crippen LogP contribution in [0.5, 0.6) is 23.0 Å². The SMILES string of the molecule is CCOc1cc(CN2CCC(N(Nc3ncc(-c4ccc(OC)cc4)cn3)C3CCN(c4ncc(-c5ccc(OC)cc5)cn4)CC3)CC2)cc(OCC)c1F. The molecule has 294 valence electrons. The average Bonchev–Trinajstić information content (AvgIpc) is 3.25. The van der Waals surface area contributed by atoms with E-state index >= 15 is 0 Å². The van der Waals surface area contributed by atoms with E-state index in [-0.39, 0.29) is 23.6 Å². The molecule has 0 saturated carbocycles. The number of methoxy groups -OCH3 is 2. The summed E-state index contributed by atoms with van der Waals surface area (Å²) < 4.78 is 36.8. The Morgan fingerprint density at radius 3 is 1.59 bits per heavy atom. The first-order valence-corrected chi connectivity index (χ1v) is 19.5. The van der Waals surface area contributed by atoms with Crippen molar-refractivity contribution in [2.24, 2.45) is 0 Å². The minimum Gasteiger partial charge on any atom is -0.497 e. The van der Waals surface area contributed by atoms with Crippen LogP contribution in [0.3, 0.4) is 0 Å². The highest BCUT2D eigenvalue weighted by atomic mass is 19.1. The van der Waals surface area contributed by atoms with Gasteiger partial charge in [-0.1, -0.05) is 24.3 Å².